The van der Waals surface area contributed by atoms with Gasteiger partial charge >= 0.3 is 5.97 Å². The number of rotatable bonds is 2. The van der Waals surface area contributed by atoms with E-state index in [-0.39, 0.29) is 11.3 Å². The molecule has 22 heavy (non-hydrogen) atoms. The molecule has 0 unspecified atom stereocenters. The van der Waals surface area contributed by atoms with Gasteiger partial charge in [-0.1, -0.05) is 24.3 Å². The van der Waals surface area contributed by atoms with Crippen molar-refractivity contribution in [2.24, 2.45) is 5.73 Å². The third kappa shape index (κ3) is 4.13. The molecule has 6 nitrogen and oxygen atoms in total. The molecule has 4 N–H and O–H groups in total. The summed E-state index contributed by atoms with van der Waals surface area (Å²) in [7, 11) is 0. The van der Waals surface area contributed by atoms with Gasteiger partial charge in [-0.2, -0.15) is 0 Å². The van der Waals surface area contributed by atoms with Gasteiger partial charge in [0.25, 0.3) is 0 Å². The number of amides is 1. The van der Waals surface area contributed by atoms with E-state index in [0.29, 0.717) is 0 Å². The van der Waals surface area contributed by atoms with Crippen molar-refractivity contribution in [3.63, 3.8) is 0 Å². The van der Waals surface area contributed by atoms with Crippen molar-refractivity contribution >= 4 is 11.9 Å². The molecule has 0 atom stereocenters. The van der Waals surface area contributed by atoms with Crippen molar-refractivity contribution in [3.8, 4) is 0 Å². The molecular formula is C16H17N3O3. The summed E-state index contributed by atoms with van der Waals surface area (Å²) in [6, 6.07) is 11.1. The summed E-state index contributed by atoms with van der Waals surface area (Å²) in [6.45, 7) is 2.19. The maximum atomic E-state index is 10.6. The first-order chi connectivity index (χ1) is 10.6. The number of aromatic nitrogens is 1. The maximum Gasteiger partial charge on any atom is 0.354 e. The van der Waals surface area contributed by atoms with E-state index in [9.17, 15) is 9.59 Å². The Morgan fingerprint density at radius 1 is 1.18 bits per heavy atom. The SMILES string of the molecule is NC(=O)c1ccnc(C(=O)O)c1.c1ccc2c(c1)CCNC2. The van der Waals surface area contributed by atoms with Gasteiger partial charge in [0.15, 0.2) is 0 Å². The highest BCUT2D eigenvalue weighted by Crippen LogP contribution is 2.11. The monoisotopic (exact) mass is 299 g/mol. The van der Waals surface area contributed by atoms with Crippen molar-refractivity contribution in [2.45, 2.75) is 13.0 Å². The van der Waals surface area contributed by atoms with Crippen molar-refractivity contribution < 1.29 is 14.7 Å². The second-order valence-corrected chi connectivity index (χ2v) is 4.79. The van der Waals surface area contributed by atoms with Gasteiger partial charge in [0, 0.05) is 18.3 Å². The third-order valence-corrected chi connectivity index (χ3v) is 3.27. The van der Waals surface area contributed by atoms with Gasteiger partial charge in [0.1, 0.15) is 5.69 Å². The lowest BCUT2D eigenvalue weighted by molar-refractivity contribution is 0.0690. The van der Waals surface area contributed by atoms with Crippen LogP contribution >= 0.6 is 0 Å². The lowest BCUT2D eigenvalue weighted by Crippen LogP contribution is -2.23. The molecule has 0 bridgehead atoms. The molecule has 0 radical (unpaired) electrons. The minimum absolute atomic E-state index is 0.141. The third-order valence-electron chi connectivity index (χ3n) is 3.27. The van der Waals surface area contributed by atoms with E-state index in [1.165, 1.54) is 29.8 Å². The standard InChI is InChI=1S/C9H11N.C7H6N2O3/c1-2-4-9-7-10-6-5-8(9)3-1;8-6(10)4-1-2-9-5(3-4)7(11)12/h1-4,10H,5-7H2;1-3H,(H2,8,10)(H,11,12). The van der Waals surface area contributed by atoms with Crippen LogP contribution in [0.5, 0.6) is 0 Å². The second-order valence-electron chi connectivity index (χ2n) is 4.79. The normalized spacial score (nSPS) is 12.5. The quantitative estimate of drug-likeness (QED) is 0.773. The van der Waals surface area contributed by atoms with E-state index < -0.39 is 11.9 Å². The summed E-state index contributed by atoms with van der Waals surface area (Å²) in [5.74, 6) is -1.85. The van der Waals surface area contributed by atoms with Gasteiger partial charge in [0.2, 0.25) is 5.91 Å². The Balaban J connectivity index is 0.000000162. The zero-order valence-corrected chi connectivity index (χ0v) is 12.0. The molecular weight excluding hydrogens is 282 g/mol. The fourth-order valence-electron chi connectivity index (χ4n) is 2.12. The number of nitrogens with two attached hydrogens (primary N) is 1. The Morgan fingerprint density at radius 3 is 2.55 bits per heavy atom. The van der Waals surface area contributed by atoms with Crippen LogP contribution in [0.1, 0.15) is 32.0 Å². The zero-order valence-electron chi connectivity index (χ0n) is 12.0. The Labute approximate surface area is 128 Å². The van der Waals surface area contributed by atoms with Crippen molar-refractivity contribution in [2.75, 3.05) is 6.54 Å². The van der Waals surface area contributed by atoms with Crippen LogP contribution in [0.25, 0.3) is 0 Å². The number of primary amides is 1. The Kier molecular flexibility index (Phi) is 5.21. The number of fused-ring (bicyclic) bond motifs is 1. The van der Waals surface area contributed by atoms with Gasteiger partial charge in [-0.05, 0) is 36.2 Å². The average molecular weight is 299 g/mol. The molecule has 0 saturated carbocycles. The second kappa shape index (κ2) is 7.33. The molecule has 0 aliphatic carbocycles. The number of carbonyl (C=O) groups is 2. The Bertz CT molecular complexity index is 632. The molecule has 1 aliphatic rings. The van der Waals surface area contributed by atoms with Crippen LogP contribution in [-0.2, 0) is 13.0 Å². The molecule has 3 rings (SSSR count). The summed E-state index contributed by atoms with van der Waals surface area (Å²) in [4.78, 5) is 24.5. The van der Waals surface area contributed by atoms with Crippen LogP contribution in [0, 0.1) is 0 Å². The van der Waals surface area contributed by atoms with E-state index in [1.807, 2.05) is 0 Å². The molecule has 1 amide bonds. The average Bonchev–Trinajstić information content (AvgIpc) is 2.55. The minimum atomic E-state index is -1.18. The van der Waals surface area contributed by atoms with Crippen molar-refractivity contribution in [1.29, 1.82) is 0 Å². The zero-order chi connectivity index (χ0) is 15.9. The van der Waals surface area contributed by atoms with Crippen LogP contribution in [0.4, 0.5) is 0 Å². The first-order valence-electron chi connectivity index (χ1n) is 6.84. The van der Waals surface area contributed by atoms with E-state index in [2.05, 4.69) is 34.6 Å². The number of pyridine rings is 1. The van der Waals surface area contributed by atoms with Gasteiger partial charge in [-0.3, -0.25) is 4.79 Å². The van der Waals surface area contributed by atoms with Crippen LogP contribution in [-0.4, -0.2) is 28.5 Å². The molecule has 1 aromatic heterocycles. The van der Waals surface area contributed by atoms with E-state index >= 15 is 0 Å². The molecule has 2 heterocycles. The number of aromatic carboxylic acids is 1. The topological polar surface area (TPSA) is 105 Å². The minimum Gasteiger partial charge on any atom is -0.477 e. The number of hydrogen-bond donors (Lipinski definition) is 3. The highest BCUT2D eigenvalue weighted by molar-refractivity contribution is 5.95. The maximum absolute atomic E-state index is 10.6. The highest BCUT2D eigenvalue weighted by Gasteiger charge is 2.07. The molecule has 114 valence electrons. The summed E-state index contributed by atoms with van der Waals surface area (Å²) in [5, 5.41) is 11.8. The molecule has 1 aromatic carbocycles. The predicted molar refractivity (Wildman–Crippen MR) is 81.6 cm³/mol. The number of carboxylic acid groups (broad SMARTS) is 1. The van der Waals surface area contributed by atoms with Crippen LogP contribution in [0.2, 0.25) is 0 Å². The summed E-state index contributed by atoms with van der Waals surface area (Å²) in [5.41, 5.74) is 7.86. The van der Waals surface area contributed by atoms with Gasteiger partial charge in [0.05, 0.1) is 0 Å². The van der Waals surface area contributed by atoms with E-state index in [4.69, 9.17) is 10.8 Å². The van der Waals surface area contributed by atoms with Gasteiger partial charge < -0.3 is 16.2 Å². The summed E-state index contributed by atoms with van der Waals surface area (Å²) in [6.07, 6.45) is 2.42. The number of carboxylic acids is 1. The number of nitrogens with one attached hydrogen (secondary N) is 1. The highest BCUT2D eigenvalue weighted by atomic mass is 16.4. The van der Waals surface area contributed by atoms with Crippen LogP contribution in [0.15, 0.2) is 42.6 Å². The fourth-order valence-corrected chi connectivity index (χ4v) is 2.12. The summed E-state index contributed by atoms with van der Waals surface area (Å²) < 4.78 is 0. The molecule has 2 aromatic rings. The number of nitrogens with zero attached hydrogens (tertiary/aromatic N) is 1. The van der Waals surface area contributed by atoms with Crippen LogP contribution < -0.4 is 11.1 Å². The summed E-state index contributed by atoms with van der Waals surface area (Å²) >= 11 is 0. The van der Waals surface area contributed by atoms with Crippen molar-refractivity contribution in [3.05, 3.63) is 65.0 Å². The van der Waals surface area contributed by atoms with E-state index in [0.717, 1.165) is 19.2 Å². The number of carbonyl (C=O) groups excluding carboxylic acids is 1. The molecule has 1 aliphatic heterocycles. The molecule has 0 spiro atoms. The number of hydrogen-bond acceptors (Lipinski definition) is 4. The molecule has 6 heteroatoms. The number of benzene rings is 1. The first kappa shape index (κ1) is 15.7. The van der Waals surface area contributed by atoms with E-state index in [1.54, 1.807) is 0 Å². The van der Waals surface area contributed by atoms with Gasteiger partial charge in [-0.15, -0.1) is 0 Å². The smallest absolute Gasteiger partial charge is 0.354 e. The van der Waals surface area contributed by atoms with Crippen molar-refractivity contribution in [1.82, 2.24) is 10.3 Å². The Hall–Kier alpha value is -2.73. The Morgan fingerprint density at radius 2 is 1.91 bits per heavy atom. The fraction of sp³-hybridized carbons (Fsp3) is 0.188. The molecule has 0 fully saturated rings. The lowest BCUT2D eigenvalue weighted by Gasteiger charge is -2.15. The molecule has 0 saturated heterocycles. The largest absolute Gasteiger partial charge is 0.477 e. The van der Waals surface area contributed by atoms with Crippen LogP contribution in [0.3, 0.4) is 0 Å². The lowest BCUT2D eigenvalue weighted by atomic mass is 10.0. The van der Waals surface area contributed by atoms with Gasteiger partial charge in [-0.25, -0.2) is 9.78 Å². The predicted octanol–water partition coefficient (Wildman–Crippen LogP) is 1.21. The first-order valence-corrected chi connectivity index (χ1v) is 6.84.